The van der Waals surface area contributed by atoms with Crippen LogP contribution in [-0.4, -0.2) is 39.2 Å². The van der Waals surface area contributed by atoms with Crippen LogP contribution in [0.1, 0.15) is 26.5 Å². The molecule has 0 amide bonds. The quantitative estimate of drug-likeness (QED) is 0.508. The Morgan fingerprint density at radius 3 is 2.68 bits per heavy atom. The third-order valence-electron chi connectivity index (χ3n) is 3.98. The summed E-state index contributed by atoms with van der Waals surface area (Å²) in [7, 11) is -3.41. The van der Waals surface area contributed by atoms with Crippen molar-refractivity contribution >= 4 is 37.5 Å². The van der Waals surface area contributed by atoms with Crippen LogP contribution in [0.5, 0.6) is 0 Å². The van der Waals surface area contributed by atoms with E-state index in [9.17, 15) is 8.42 Å². The molecule has 7 nitrogen and oxygen atoms in total. The number of aromatic nitrogens is 4. The summed E-state index contributed by atoms with van der Waals surface area (Å²) in [6, 6.07) is 3.63. The molecule has 4 rings (SSSR count). The molecule has 0 bridgehead atoms. The van der Waals surface area contributed by atoms with Gasteiger partial charge >= 0.3 is 0 Å². The van der Waals surface area contributed by atoms with Crippen molar-refractivity contribution in [2.24, 2.45) is 0 Å². The number of nitrogens with zero attached hydrogens (tertiary/aromatic N) is 4. The van der Waals surface area contributed by atoms with E-state index >= 15 is 0 Å². The van der Waals surface area contributed by atoms with Crippen LogP contribution in [0, 0.1) is 5.41 Å². The van der Waals surface area contributed by atoms with Gasteiger partial charge in [0.2, 0.25) is 0 Å². The van der Waals surface area contributed by atoms with Crippen molar-refractivity contribution < 1.29 is 8.42 Å². The molecule has 0 atom stereocenters. The summed E-state index contributed by atoms with van der Waals surface area (Å²) in [6.45, 7) is 5.85. The zero-order valence-electron chi connectivity index (χ0n) is 16.0. The van der Waals surface area contributed by atoms with E-state index in [2.05, 4.69) is 9.97 Å². The van der Waals surface area contributed by atoms with E-state index in [0.29, 0.717) is 17.1 Å². The lowest BCUT2D eigenvalue weighted by molar-refractivity contribution is 0.597. The van der Waals surface area contributed by atoms with E-state index in [4.69, 9.17) is 5.41 Å². The summed E-state index contributed by atoms with van der Waals surface area (Å²) < 4.78 is 27.5. The number of rotatable bonds is 4. The zero-order chi connectivity index (χ0) is 20.5. The first kappa shape index (κ1) is 20.0. The monoisotopic (exact) mass is 415 g/mol. The molecule has 4 heterocycles. The molecule has 4 aromatic heterocycles. The molecule has 0 aliphatic carbocycles. The molecule has 0 radical (unpaired) electrons. The average Bonchev–Trinajstić information content (AvgIpc) is 3.36. The minimum absolute atomic E-state index is 0.130. The van der Waals surface area contributed by atoms with Crippen LogP contribution in [0.25, 0.3) is 21.9 Å². The highest BCUT2D eigenvalue weighted by atomic mass is 32.2. The van der Waals surface area contributed by atoms with Gasteiger partial charge in [0.15, 0.2) is 19.8 Å². The smallest absolute Gasteiger partial charge is 0.194 e. The van der Waals surface area contributed by atoms with Gasteiger partial charge in [0, 0.05) is 29.6 Å². The Morgan fingerprint density at radius 1 is 1.25 bits per heavy atom. The van der Waals surface area contributed by atoms with Gasteiger partial charge in [0.1, 0.15) is 11.3 Å². The number of imidazole rings is 2. The van der Waals surface area contributed by atoms with Gasteiger partial charge in [0.05, 0.1) is 17.6 Å². The van der Waals surface area contributed by atoms with Gasteiger partial charge in [-0.25, -0.2) is 18.4 Å². The van der Waals surface area contributed by atoms with Gasteiger partial charge < -0.3 is 0 Å². The number of fused-ring (bicyclic) bond motifs is 2. The molecule has 4 aromatic rings. The van der Waals surface area contributed by atoms with Crippen LogP contribution >= 0.6 is 11.3 Å². The maximum absolute atomic E-state index is 12.0. The van der Waals surface area contributed by atoms with Gasteiger partial charge in [-0.2, -0.15) is 0 Å². The number of allylic oxidation sites excluding steroid dienone is 2. The van der Waals surface area contributed by atoms with E-state index < -0.39 is 9.84 Å². The molecule has 28 heavy (non-hydrogen) atoms. The molecule has 0 aliphatic heterocycles. The SMILES string of the molecule is C/C=C\C(=N)c1nc2sccn2c1-c1ccc2ncc(S(C)(=O)=O)n2c1.CC. The molecule has 0 saturated heterocycles. The van der Waals surface area contributed by atoms with Crippen molar-refractivity contribution in [3.63, 3.8) is 0 Å². The normalized spacial score (nSPS) is 11.9. The fourth-order valence-corrected chi connectivity index (χ4v) is 4.33. The van der Waals surface area contributed by atoms with E-state index in [1.54, 1.807) is 28.8 Å². The van der Waals surface area contributed by atoms with Gasteiger partial charge in [-0.15, -0.1) is 11.3 Å². The number of nitrogens with one attached hydrogen (secondary N) is 1. The summed E-state index contributed by atoms with van der Waals surface area (Å²) >= 11 is 1.48. The van der Waals surface area contributed by atoms with Crippen LogP contribution in [-0.2, 0) is 9.84 Å². The number of hydrogen-bond donors (Lipinski definition) is 1. The number of thiazole rings is 1. The van der Waals surface area contributed by atoms with Gasteiger partial charge in [-0.05, 0) is 25.1 Å². The Labute approximate surface area is 167 Å². The zero-order valence-corrected chi connectivity index (χ0v) is 17.7. The Balaban J connectivity index is 0.00000109. The maximum atomic E-state index is 12.0. The topological polar surface area (TPSA) is 92.6 Å². The molecule has 0 aromatic carbocycles. The Morgan fingerprint density at radius 2 is 2.00 bits per heavy atom. The summed E-state index contributed by atoms with van der Waals surface area (Å²) in [4.78, 5) is 9.50. The van der Waals surface area contributed by atoms with Crippen LogP contribution in [0.2, 0.25) is 0 Å². The third-order valence-corrected chi connectivity index (χ3v) is 5.79. The lowest BCUT2D eigenvalue weighted by Gasteiger charge is -2.06. The molecule has 1 N–H and O–H groups in total. The second-order valence-electron chi connectivity index (χ2n) is 5.79. The highest BCUT2D eigenvalue weighted by molar-refractivity contribution is 7.90. The van der Waals surface area contributed by atoms with Crippen molar-refractivity contribution in [1.29, 1.82) is 5.41 Å². The molecule has 0 unspecified atom stereocenters. The van der Waals surface area contributed by atoms with Crippen LogP contribution in [0.4, 0.5) is 0 Å². The number of hydrogen-bond acceptors (Lipinski definition) is 6. The molecule has 0 aliphatic rings. The Kier molecular flexibility index (Phi) is 5.48. The third kappa shape index (κ3) is 3.38. The lowest BCUT2D eigenvalue weighted by Crippen LogP contribution is -2.03. The molecule has 0 spiro atoms. The molecule has 9 heteroatoms. The minimum atomic E-state index is -3.41. The fraction of sp³-hybridized carbons (Fsp3) is 0.211. The van der Waals surface area contributed by atoms with E-state index in [1.807, 2.05) is 42.8 Å². The second-order valence-corrected chi connectivity index (χ2v) is 8.63. The summed E-state index contributed by atoms with van der Waals surface area (Å²) in [5, 5.41) is 10.3. The molecular formula is C19H21N5O2S2. The Hall–Kier alpha value is -2.78. The number of pyridine rings is 1. The number of sulfone groups is 1. The van der Waals surface area contributed by atoms with E-state index in [1.165, 1.54) is 17.5 Å². The molecule has 146 valence electrons. The van der Waals surface area contributed by atoms with Crippen molar-refractivity contribution in [3.05, 3.63) is 53.9 Å². The van der Waals surface area contributed by atoms with Crippen molar-refractivity contribution in [3.8, 4) is 11.3 Å². The van der Waals surface area contributed by atoms with Crippen molar-refractivity contribution in [1.82, 2.24) is 18.8 Å². The van der Waals surface area contributed by atoms with Gasteiger partial charge in [-0.1, -0.05) is 19.9 Å². The fourth-order valence-electron chi connectivity index (χ4n) is 2.87. The minimum Gasteiger partial charge on any atom is -0.299 e. The molecule has 0 fully saturated rings. The predicted molar refractivity (Wildman–Crippen MR) is 113 cm³/mol. The highest BCUT2D eigenvalue weighted by Crippen LogP contribution is 2.29. The summed E-state index contributed by atoms with van der Waals surface area (Å²) in [5.74, 6) is 0. The highest BCUT2D eigenvalue weighted by Gasteiger charge is 2.20. The standard InChI is InChI=1S/C17H15N5O2S2.C2H6/c1-3-4-12(18)15-16(21-7-8-25-17(21)20-15)11-5-6-13-19-9-14(22(13)10-11)26(2,23)24;1-2/h3-10,18H,1-2H3;1-2H3/b4-3-,18-12?;. The first-order valence-corrected chi connectivity index (χ1v) is 11.5. The first-order valence-electron chi connectivity index (χ1n) is 8.75. The van der Waals surface area contributed by atoms with Crippen LogP contribution in [0.3, 0.4) is 0 Å². The predicted octanol–water partition coefficient (Wildman–Crippen LogP) is 4.08. The lowest BCUT2D eigenvalue weighted by atomic mass is 10.1. The van der Waals surface area contributed by atoms with Gasteiger partial charge in [-0.3, -0.25) is 14.2 Å². The largest absolute Gasteiger partial charge is 0.299 e. The summed E-state index contributed by atoms with van der Waals surface area (Å²) in [5.41, 5.74) is 2.91. The Bertz CT molecular complexity index is 1290. The average molecular weight is 416 g/mol. The molecular weight excluding hydrogens is 394 g/mol. The second kappa shape index (κ2) is 7.69. The van der Waals surface area contributed by atoms with Crippen LogP contribution in [0.15, 0.2) is 53.3 Å². The van der Waals surface area contributed by atoms with E-state index in [0.717, 1.165) is 22.5 Å². The van der Waals surface area contributed by atoms with Gasteiger partial charge in [0.25, 0.3) is 0 Å². The van der Waals surface area contributed by atoms with Crippen molar-refractivity contribution in [2.45, 2.75) is 25.8 Å². The van der Waals surface area contributed by atoms with Crippen molar-refractivity contribution in [2.75, 3.05) is 6.26 Å². The van der Waals surface area contributed by atoms with Crippen LogP contribution < -0.4 is 0 Å². The summed E-state index contributed by atoms with van der Waals surface area (Å²) in [6.07, 6.45) is 9.62. The van der Waals surface area contributed by atoms with E-state index in [-0.39, 0.29) is 5.03 Å². The molecule has 0 saturated carbocycles. The maximum Gasteiger partial charge on any atom is 0.194 e. The first-order chi connectivity index (χ1) is 13.4.